The van der Waals surface area contributed by atoms with Crippen LogP contribution < -0.4 is 20.4 Å². The first kappa shape index (κ1) is 24.7. The Morgan fingerprint density at radius 2 is 1.82 bits per heavy atom. The van der Waals surface area contributed by atoms with Crippen LogP contribution in [0.1, 0.15) is 28.9 Å². The number of piperazine rings is 1. The van der Waals surface area contributed by atoms with E-state index >= 15 is 0 Å². The number of aromatic nitrogens is 2. The molecule has 0 bridgehead atoms. The molecule has 3 aliphatic heterocycles. The predicted octanol–water partition coefficient (Wildman–Crippen LogP) is 2.48. The molecule has 10 nitrogen and oxygen atoms in total. The van der Waals surface area contributed by atoms with Crippen LogP contribution in [0.2, 0.25) is 0 Å². The van der Waals surface area contributed by atoms with E-state index in [1.54, 1.807) is 30.6 Å². The number of hydrogen-bond acceptors (Lipinski definition) is 7. The molecule has 0 radical (unpaired) electrons. The van der Waals surface area contributed by atoms with Crippen molar-refractivity contribution in [1.29, 1.82) is 0 Å². The Morgan fingerprint density at radius 1 is 1.00 bits per heavy atom. The van der Waals surface area contributed by atoms with Crippen molar-refractivity contribution < 1.29 is 13.8 Å². The Balaban J connectivity index is 1.23. The van der Waals surface area contributed by atoms with Gasteiger partial charge in [0.25, 0.3) is 5.91 Å². The van der Waals surface area contributed by atoms with Gasteiger partial charge in [-0.25, -0.2) is 13.5 Å². The summed E-state index contributed by atoms with van der Waals surface area (Å²) in [6.45, 7) is 5.07. The van der Waals surface area contributed by atoms with E-state index in [9.17, 15) is 13.8 Å². The molecule has 0 spiro atoms. The highest BCUT2D eigenvalue weighted by atomic mass is 32.2. The van der Waals surface area contributed by atoms with Crippen molar-refractivity contribution in [1.82, 2.24) is 19.6 Å². The standard InChI is InChI=1S/C27H29N7O3S/c35-26-17-19-16-20(38(37)33-12-1-2-13-33)6-7-23(19)34(26)25-5-3-4-21(30-25)27(36)31-22-18-29-9-8-24(22)32-14-10-28-11-15-32/h3-9,16,18,28H,1-2,10-15,17H2,(H,31,36). The summed E-state index contributed by atoms with van der Waals surface area (Å²) < 4.78 is 14.9. The van der Waals surface area contributed by atoms with E-state index in [1.165, 1.54) is 4.90 Å². The van der Waals surface area contributed by atoms with E-state index in [1.807, 2.05) is 28.6 Å². The quantitative estimate of drug-likeness (QED) is 0.503. The summed E-state index contributed by atoms with van der Waals surface area (Å²) in [6, 6.07) is 12.5. The molecule has 2 amide bonds. The molecule has 3 aromatic rings. The minimum Gasteiger partial charge on any atom is -0.367 e. The molecule has 3 aliphatic rings. The molecular weight excluding hydrogens is 502 g/mol. The second-order valence-electron chi connectivity index (χ2n) is 9.55. The average molecular weight is 532 g/mol. The number of pyridine rings is 2. The summed E-state index contributed by atoms with van der Waals surface area (Å²) in [6.07, 6.45) is 5.66. The fourth-order valence-corrected chi connectivity index (χ4v) is 6.50. The first-order valence-corrected chi connectivity index (χ1v) is 14.0. The van der Waals surface area contributed by atoms with Gasteiger partial charge in [-0.05, 0) is 54.8 Å². The van der Waals surface area contributed by atoms with E-state index in [4.69, 9.17) is 0 Å². The van der Waals surface area contributed by atoms with Gasteiger partial charge >= 0.3 is 0 Å². The number of carbonyl (C=O) groups is 2. The van der Waals surface area contributed by atoms with E-state index < -0.39 is 11.0 Å². The van der Waals surface area contributed by atoms with Crippen molar-refractivity contribution in [2.45, 2.75) is 24.2 Å². The van der Waals surface area contributed by atoms with Gasteiger partial charge in [0, 0.05) is 45.5 Å². The molecule has 1 unspecified atom stereocenters. The number of nitrogens with zero attached hydrogens (tertiary/aromatic N) is 5. The highest BCUT2D eigenvalue weighted by Gasteiger charge is 2.31. The van der Waals surface area contributed by atoms with Crippen LogP contribution in [0, 0.1) is 0 Å². The Hall–Kier alpha value is -3.67. The van der Waals surface area contributed by atoms with Gasteiger partial charge in [-0.3, -0.25) is 19.5 Å². The summed E-state index contributed by atoms with van der Waals surface area (Å²) in [5, 5.41) is 6.28. The van der Waals surface area contributed by atoms with Crippen LogP contribution in [0.3, 0.4) is 0 Å². The van der Waals surface area contributed by atoms with Crippen molar-refractivity contribution in [3.63, 3.8) is 0 Å². The SMILES string of the molecule is O=C(Nc1cnccc1N1CCNCC1)c1cccc(N2C(=O)Cc3cc(S(=O)N4CCCC4)ccc32)n1. The normalized spacial score (nSPS) is 18.5. The van der Waals surface area contributed by atoms with Gasteiger partial charge in [-0.1, -0.05) is 6.07 Å². The molecule has 1 atom stereocenters. The van der Waals surface area contributed by atoms with Crippen molar-refractivity contribution in [3.05, 3.63) is 66.1 Å². The van der Waals surface area contributed by atoms with Gasteiger partial charge in [0.2, 0.25) is 5.91 Å². The number of fused-ring (bicyclic) bond motifs is 1. The lowest BCUT2D eigenvalue weighted by Crippen LogP contribution is -2.43. The predicted molar refractivity (Wildman–Crippen MR) is 146 cm³/mol. The fourth-order valence-electron chi connectivity index (χ4n) is 5.19. The van der Waals surface area contributed by atoms with E-state index in [-0.39, 0.29) is 23.9 Å². The molecule has 6 rings (SSSR count). The van der Waals surface area contributed by atoms with E-state index in [0.717, 1.165) is 63.4 Å². The summed E-state index contributed by atoms with van der Waals surface area (Å²) in [5.74, 6) is -0.134. The average Bonchev–Trinajstić information content (AvgIpc) is 3.61. The van der Waals surface area contributed by atoms with E-state index in [0.29, 0.717) is 22.1 Å². The third-order valence-electron chi connectivity index (χ3n) is 7.08. The lowest BCUT2D eigenvalue weighted by molar-refractivity contribution is -0.116. The number of benzene rings is 1. The van der Waals surface area contributed by atoms with Crippen LogP contribution >= 0.6 is 0 Å². The van der Waals surface area contributed by atoms with Crippen molar-refractivity contribution in [2.75, 3.05) is 54.4 Å². The maximum atomic E-state index is 13.2. The number of carbonyl (C=O) groups excluding carboxylic acids is 2. The van der Waals surface area contributed by atoms with Crippen molar-refractivity contribution in [2.24, 2.45) is 0 Å². The molecule has 2 fully saturated rings. The maximum absolute atomic E-state index is 13.2. The van der Waals surface area contributed by atoms with Crippen molar-refractivity contribution >= 4 is 45.7 Å². The van der Waals surface area contributed by atoms with Gasteiger partial charge < -0.3 is 15.5 Å². The second kappa shape index (κ2) is 10.6. The molecule has 196 valence electrons. The van der Waals surface area contributed by atoms with Gasteiger partial charge in [0.15, 0.2) is 0 Å². The molecule has 2 saturated heterocycles. The zero-order valence-electron chi connectivity index (χ0n) is 20.9. The lowest BCUT2D eigenvalue weighted by Gasteiger charge is -2.30. The van der Waals surface area contributed by atoms with E-state index in [2.05, 4.69) is 25.5 Å². The Morgan fingerprint density at radius 3 is 2.63 bits per heavy atom. The lowest BCUT2D eigenvalue weighted by atomic mass is 10.2. The number of nitrogens with one attached hydrogen (secondary N) is 2. The largest absolute Gasteiger partial charge is 0.367 e. The number of amides is 2. The topological polar surface area (TPSA) is 111 Å². The monoisotopic (exact) mass is 531 g/mol. The molecule has 11 heteroatoms. The molecule has 1 aromatic carbocycles. The summed E-state index contributed by atoms with van der Waals surface area (Å²) in [4.78, 5) is 39.4. The molecule has 5 heterocycles. The van der Waals surface area contributed by atoms with Gasteiger partial charge in [-0.15, -0.1) is 0 Å². The van der Waals surface area contributed by atoms with Gasteiger partial charge in [0.1, 0.15) is 22.5 Å². The molecule has 0 saturated carbocycles. The van der Waals surface area contributed by atoms with Gasteiger partial charge in [-0.2, -0.15) is 0 Å². The minimum atomic E-state index is -1.23. The molecule has 38 heavy (non-hydrogen) atoms. The highest BCUT2D eigenvalue weighted by Crippen LogP contribution is 2.36. The second-order valence-corrected chi connectivity index (χ2v) is 11.0. The minimum absolute atomic E-state index is 0.137. The van der Waals surface area contributed by atoms with Crippen LogP contribution in [0.15, 0.2) is 59.8 Å². The smallest absolute Gasteiger partial charge is 0.274 e. The molecule has 0 aliphatic carbocycles. The first-order chi connectivity index (χ1) is 18.6. The highest BCUT2D eigenvalue weighted by molar-refractivity contribution is 7.82. The molecular formula is C27H29N7O3S. The maximum Gasteiger partial charge on any atom is 0.274 e. The molecule has 2 N–H and O–H groups in total. The van der Waals surface area contributed by atoms with Crippen LogP contribution in [-0.2, 0) is 22.2 Å². The van der Waals surface area contributed by atoms with Gasteiger partial charge in [0.05, 0.1) is 34.6 Å². The summed E-state index contributed by atoms with van der Waals surface area (Å²) >= 11 is 0. The third-order valence-corrected chi connectivity index (χ3v) is 8.58. The number of rotatable bonds is 6. The van der Waals surface area contributed by atoms with Crippen LogP contribution in [-0.4, -0.2) is 69.6 Å². The van der Waals surface area contributed by atoms with Crippen LogP contribution in [0.5, 0.6) is 0 Å². The third kappa shape index (κ3) is 4.80. The van der Waals surface area contributed by atoms with Crippen LogP contribution in [0.4, 0.5) is 22.9 Å². The zero-order valence-corrected chi connectivity index (χ0v) is 21.7. The van der Waals surface area contributed by atoms with Crippen molar-refractivity contribution in [3.8, 4) is 0 Å². The number of hydrogen-bond donors (Lipinski definition) is 2. The Kier molecular flexibility index (Phi) is 6.88. The Labute approximate surface area is 223 Å². The first-order valence-electron chi connectivity index (χ1n) is 12.9. The fraction of sp³-hybridized carbons (Fsp3) is 0.333. The Bertz CT molecular complexity index is 1400. The number of anilines is 4. The summed E-state index contributed by atoms with van der Waals surface area (Å²) in [7, 11) is -1.23. The van der Waals surface area contributed by atoms with Crippen LogP contribution in [0.25, 0.3) is 0 Å². The molecule has 2 aromatic heterocycles. The zero-order chi connectivity index (χ0) is 26.1. The summed E-state index contributed by atoms with van der Waals surface area (Å²) in [5.41, 5.74) is 3.25.